The van der Waals surface area contributed by atoms with E-state index in [2.05, 4.69) is 43.2 Å². The maximum atomic E-state index is 5.37. The number of rotatable bonds is 6. The Morgan fingerprint density at radius 3 is 2.59 bits per heavy atom. The summed E-state index contributed by atoms with van der Waals surface area (Å²) in [6.45, 7) is 6.83. The van der Waals surface area contributed by atoms with Crippen LogP contribution in [-0.4, -0.2) is 51.3 Å². The van der Waals surface area contributed by atoms with E-state index in [1.807, 2.05) is 6.07 Å². The number of hydrogen-bond acceptors (Lipinski definition) is 4. The Morgan fingerprint density at radius 1 is 1.18 bits per heavy atom. The second-order valence-electron chi connectivity index (χ2n) is 6.50. The summed E-state index contributed by atoms with van der Waals surface area (Å²) in [6.07, 6.45) is 2.23. The lowest BCUT2D eigenvalue weighted by molar-refractivity contribution is 0.122. The molecule has 1 aromatic carbocycles. The Hall–Kier alpha value is -1.26. The molecule has 1 saturated heterocycles. The normalized spacial score (nSPS) is 26.0. The number of nitrogens with one attached hydrogen (secondary N) is 1. The summed E-state index contributed by atoms with van der Waals surface area (Å²) in [5.74, 6) is 2.30. The molecule has 4 nitrogen and oxygen atoms in total. The van der Waals surface area contributed by atoms with E-state index in [-0.39, 0.29) is 0 Å². The third-order valence-corrected chi connectivity index (χ3v) is 4.88. The Balaban J connectivity index is 1.86. The first-order chi connectivity index (χ1) is 10.5. The zero-order valence-electron chi connectivity index (χ0n) is 14.6. The first-order valence-electron chi connectivity index (χ1n) is 8.19. The highest BCUT2D eigenvalue weighted by Gasteiger charge is 2.28. The van der Waals surface area contributed by atoms with Crippen LogP contribution in [0.2, 0.25) is 0 Å². The number of ether oxygens (including phenoxy) is 2. The number of piperidine rings is 1. The zero-order chi connectivity index (χ0) is 16.1. The first-order valence-corrected chi connectivity index (χ1v) is 8.19. The quantitative estimate of drug-likeness (QED) is 0.876. The molecule has 0 aromatic heterocycles. The van der Waals surface area contributed by atoms with Gasteiger partial charge in [0.05, 0.1) is 14.2 Å². The predicted molar refractivity (Wildman–Crippen MR) is 90.9 cm³/mol. The maximum Gasteiger partial charge on any atom is 0.160 e. The number of nitrogens with zero attached hydrogens (tertiary/aromatic N) is 1. The van der Waals surface area contributed by atoms with E-state index < -0.39 is 0 Å². The van der Waals surface area contributed by atoms with Gasteiger partial charge in [-0.1, -0.05) is 13.0 Å². The molecule has 0 spiro atoms. The fraction of sp³-hybridized carbons (Fsp3) is 0.667. The van der Waals surface area contributed by atoms with Gasteiger partial charge < -0.3 is 19.7 Å². The molecule has 3 atom stereocenters. The Bertz CT molecular complexity index is 478. The fourth-order valence-corrected chi connectivity index (χ4v) is 3.26. The van der Waals surface area contributed by atoms with E-state index in [9.17, 15) is 0 Å². The van der Waals surface area contributed by atoms with Gasteiger partial charge in [0, 0.05) is 18.6 Å². The van der Waals surface area contributed by atoms with Crippen LogP contribution >= 0.6 is 0 Å². The van der Waals surface area contributed by atoms with Crippen LogP contribution in [0.15, 0.2) is 18.2 Å². The van der Waals surface area contributed by atoms with Gasteiger partial charge in [0.25, 0.3) is 0 Å². The zero-order valence-corrected chi connectivity index (χ0v) is 14.6. The number of methoxy groups -OCH3 is 2. The molecule has 0 unspecified atom stereocenters. The van der Waals surface area contributed by atoms with E-state index >= 15 is 0 Å². The van der Waals surface area contributed by atoms with Crippen molar-refractivity contribution < 1.29 is 9.47 Å². The van der Waals surface area contributed by atoms with E-state index in [4.69, 9.17) is 9.47 Å². The predicted octanol–water partition coefficient (Wildman–Crippen LogP) is 2.56. The summed E-state index contributed by atoms with van der Waals surface area (Å²) < 4.78 is 10.6. The van der Waals surface area contributed by atoms with Gasteiger partial charge in [0.15, 0.2) is 11.5 Å². The number of hydrogen-bond donors (Lipinski definition) is 1. The highest BCUT2D eigenvalue weighted by Crippen LogP contribution is 2.27. The number of benzene rings is 1. The summed E-state index contributed by atoms with van der Waals surface area (Å²) in [5, 5.41) is 3.74. The molecule has 0 bridgehead atoms. The molecule has 1 aliphatic rings. The van der Waals surface area contributed by atoms with Crippen LogP contribution < -0.4 is 14.8 Å². The van der Waals surface area contributed by atoms with Crippen molar-refractivity contribution in [2.24, 2.45) is 5.92 Å². The van der Waals surface area contributed by atoms with Crippen molar-refractivity contribution in [1.29, 1.82) is 0 Å². The van der Waals surface area contributed by atoms with Gasteiger partial charge in [-0.15, -0.1) is 0 Å². The average molecular weight is 306 g/mol. The molecule has 1 fully saturated rings. The van der Waals surface area contributed by atoms with Crippen LogP contribution in [0.1, 0.15) is 25.8 Å². The minimum absolute atomic E-state index is 0.617. The lowest BCUT2D eigenvalue weighted by Gasteiger charge is -2.40. The third-order valence-electron chi connectivity index (χ3n) is 4.88. The second kappa shape index (κ2) is 7.84. The van der Waals surface area contributed by atoms with Gasteiger partial charge in [0.2, 0.25) is 0 Å². The van der Waals surface area contributed by atoms with Crippen molar-refractivity contribution in [3.63, 3.8) is 0 Å². The minimum Gasteiger partial charge on any atom is -0.493 e. The summed E-state index contributed by atoms with van der Waals surface area (Å²) in [6, 6.07) is 7.44. The van der Waals surface area contributed by atoms with Crippen LogP contribution in [-0.2, 0) is 6.42 Å². The third kappa shape index (κ3) is 4.14. The molecule has 22 heavy (non-hydrogen) atoms. The van der Waals surface area contributed by atoms with Crippen molar-refractivity contribution in [3.05, 3.63) is 23.8 Å². The largest absolute Gasteiger partial charge is 0.493 e. The number of likely N-dealkylation sites (tertiary alicyclic amines) is 1. The molecule has 0 saturated carbocycles. The highest BCUT2D eigenvalue weighted by atomic mass is 16.5. The van der Waals surface area contributed by atoms with E-state index in [0.29, 0.717) is 18.0 Å². The maximum absolute atomic E-state index is 5.37. The van der Waals surface area contributed by atoms with E-state index in [0.717, 1.165) is 24.5 Å². The Kier molecular flexibility index (Phi) is 6.09. The molecule has 1 aromatic rings. The lowest BCUT2D eigenvalue weighted by atomic mass is 9.90. The average Bonchev–Trinajstić information content (AvgIpc) is 2.52. The van der Waals surface area contributed by atoms with Crippen molar-refractivity contribution in [1.82, 2.24) is 10.2 Å². The van der Waals surface area contributed by atoms with Crippen LogP contribution in [0.25, 0.3) is 0 Å². The van der Waals surface area contributed by atoms with Crippen molar-refractivity contribution in [3.8, 4) is 11.5 Å². The Labute approximate surface area is 134 Å². The lowest BCUT2D eigenvalue weighted by Crippen LogP contribution is -2.51. The van der Waals surface area contributed by atoms with E-state index in [1.54, 1.807) is 14.2 Å². The minimum atomic E-state index is 0.617. The first kappa shape index (κ1) is 17.1. The van der Waals surface area contributed by atoms with Gasteiger partial charge in [-0.2, -0.15) is 0 Å². The summed E-state index contributed by atoms with van der Waals surface area (Å²) >= 11 is 0. The van der Waals surface area contributed by atoms with Crippen LogP contribution in [0, 0.1) is 5.92 Å². The van der Waals surface area contributed by atoms with E-state index in [1.165, 1.54) is 18.5 Å². The second-order valence-corrected chi connectivity index (χ2v) is 6.50. The van der Waals surface area contributed by atoms with Crippen LogP contribution in [0.5, 0.6) is 11.5 Å². The van der Waals surface area contributed by atoms with Crippen molar-refractivity contribution in [2.45, 2.75) is 38.8 Å². The molecule has 0 radical (unpaired) electrons. The topological polar surface area (TPSA) is 33.7 Å². The summed E-state index contributed by atoms with van der Waals surface area (Å²) in [5.41, 5.74) is 1.28. The molecule has 124 valence electrons. The van der Waals surface area contributed by atoms with Crippen molar-refractivity contribution in [2.75, 3.05) is 34.4 Å². The Morgan fingerprint density at radius 2 is 1.91 bits per heavy atom. The summed E-state index contributed by atoms with van der Waals surface area (Å²) in [4.78, 5) is 2.46. The molecule has 1 N–H and O–H groups in total. The van der Waals surface area contributed by atoms with Crippen LogP contribution in [0.4, 0.5) is 0 Å². The molecule has 0 amide bonds. The molecule has 0 aliphatic carbocycles. The van der Waals surface area contributed by atoms with Gasteiger partial charge >= 0.3 is 0 Å². The van der Waals surface area contributed by atoms with Gasteiger partial charge in [-0.25, -0.2) is 0 Å². The smallest absolute Gasteiger partial charge is 0.160 e. The SMILES string of the molecule is COc1ccc(CCN[C@@H]2C[C@@H](C)N(C)C[C@@H]2C)cc1OC. The molecule has 1 heterocycles. The molecule has 4 heteroatoms. The highest BCUT2D eigenvalue weighted by molar-refractivity contribution is 5.42. The standard InChI is InChI=1S/C18H30N2O2/c1-13-12-20(3)14(2)10-16(13)19-9-8-15-6-7-17(21-4)18(11-15)22-5/h6-7,11,13-14,16,19H,8-10,12H2,1-5H3/t13-,14+,16+/m0/s1. The molecular weight excluding hydrogens is 276 g/mol. The van der Waals surface area contributed by atoms with Gasteiger partial charge in [0.1, 0.15) is 0 Å². The van der Waals surface area contributed by atoms with Crippen molar-refractivity contribution >= 4 is 0 Å². The fourth-order valence-electron chi connectivity index (χ4n) is 3.26. The molecule has 1 aliphatic heterocycles. The monoisotopic (exact) mass is 306 g/mol. The molecular formula is C18H30N2O2. The van der Waals surface area contributed by atoms with Gasteiger partial charge in [-0.05, 0) is 57.0 Å². The molecule has 2 rings (SSSR count). The van der Waals surface area contributed by atoms with Crippen LogP contribution in [0.3, 0.4) is 0 Å². The summed E-state index contributed by atoms with van der Waals surface area (Å²) in [7, 11) is 5.57. The van der Waals surface area contributed by atoms with Gasteiger partial charge in [-0.3, -0.25) is 0 Å².